The topological polar surface area (TPSA) is 64.2 Å². The third-order valence-corrected chi connectivity index (χ3v) is 5.18. The summed E-state index contributed by atoms with van der Waals surface area (Å²) in [6, 6.07) is 14.1. The fourth-order valence-corrected chi connectivity index (χ4v) is 3.90. The standard InChI is InChI=1S/C21H24N4O/c1-13(2)25-19-9-8-15(11-16(19)12-23-25)21(26)24-14(3)10-18(22)17-6-4-5-7-20(17)24/h4-9,11-14,18H,10,22H2,1-3H3/t14-,18+/m0/s1. The number of carbonyl (C=O) groups excluding carboxylic acids is 1. The Morgan fingerprint density at radius 1 is 1.23 bits per heavy atom. The summed E-state index contributed by atoms with van der Waals surface area (Å²) in [4.78, 5) is 15.2. The zero-order chi connectivity index (χ0) is 18.4. The molecular weight excluding hydrogens is 324 g/mol. The van der Waals surface area contributed by atoms with Crippen LogP contribution in [0, 0.1) is 0 Å². The predicted molar refractivity (Wildman–Crippen MR) is 104 cm³/mol. The maximum absolute atomic E-state index is 13.3. The van der Waals surface area contributed by atoms with Gasteiger partial charge in [0, 0.05) is 34.8 Å². The van der Waals surface area contributed by atoms with E-state index < -0.39 is 0 Å². The fraction of sp³-hybridized carbons (Fsp3) is 0.333. The van der Waals surface area contributed by atoms with Crippen LogP contribution in [0.1, 0.15) is 55.2 Å². The Morgan fingerprint density at radius 2 is 2.00 bits per heavy atom. The molecule has 1 amide bonds. The quantitative estimate of drug-likeness (QED) is 0.760. The zero-order valence-corrected chi connectivity index (χ0v) is 15.4. The van der Waals surface area contributed by atoms with Crippen molar-refractivity contribution in [1.29, 1.82) is 0 Å². The number of hydrogen-bond acceptors (Lipinski definition) is 3. The lowest BCUT2D eigenvalue weighted by molar-refractivity contribution is 0.0974. The monoisotopic (exact) mass is 348 g/mol. The van der Waals surface area contributed by atoms with E-state index >= 15 is 0 Å². The Bertz CT molecular complexity index is 975. The molecule has 2 N–H and O–H groups in total. The first kappa shape index (κ1) is 16.8. The van der Waals surface area contributed by atoms with Gasteiger partial charge in [-0.15, -0.1) is 0 Å². The third kappa shape index (κ3) is 2.59. The minimum absolute atomic E-state index is 0.0102. The molecule has 0 bridgehead atoms. The normalized spacial score (nSPS) is 19.8. The van der Waals surface area contributed by atoms with Gasteiger partial charge >= 0.3 is 0 Å². The third-order valence-electron chi connectivity index (χ3n) is 5.18. The van der Waals surface area contributed by atoms with Crippen LogP contribution in [0.15, 0.2) is 48.7 Å². The highest BCUT2D eigenvalue weighted by molar-refractivity contribution is 6.08. The van der Waals surface area contributed by atoms with Crippen molar-refractivity contribution in [3.8, 4) is 0 Å². The van der Waals surface area contributed by atoms with Gasteiger partial charge in [0.15, 0.2) is 0 Å². The predicted octanol–water partition coefficient (Wildman–Crippen LogP) is 4.06. The van der Waals surface area contributed by atoms with Gasteiger partial charge in [0.2, 0.25) is 0 Å². The van der Waals surface area contributed by atoms with Crippen LogP contribution in [-0.2, 0) is 0 Å². The van der Waals surface area contributed by atoms with Crippen LogP contribution in [0.3, 0.4) is 0 Å². The molecule has 1 aromatic heterocycles. The minimum atomic E-state index is -0.0306. The molecule has 0 unspecified atom stereocenters. The molecule has 1 aliphatic rings. The van der Waals surface area contributed by atoms with Crippen molar-refractivity contribution in [1.82, 2.24) is 9.78 Å². The molecule has 3 aromatic rings. The molecule has 0 radical (unpaired) electrons. The fourth-order valence-electron chi connectivity index (χ4n) is 3.90. The van der Waals surface area contributed by atoms with Gasteiger partial charge in [-0.2, -0.15) is 5.10 Å². The van der Waals surface area contributed by atoms with E-state index in [0.29, 0.717) is 5.56 Å². The van der Waals surface area contributed by atoms with Gasteiger partial charge in [-0.3, -0.25) is 9.48 Å². The summed E-state index contributed by atoms with van der Waals surface area (Å²) in [7, 11) is 0. The second kappa shape index (κ2) is 6.25. The highest BCUT2D eigenvalue weighted by Gasteiger charge is 2.32. The summed E-state index contributed by atoms with van der Waals surface area (Å²) < 4.78 is 1.97. The van der Waals surface area contributed by atoms with Crippen molar-refractivity contribution in [2.75, 3.05) is 4.90 Å². The molecule has 5 heteroatoms. The van der Waals surface area contributed by atoms with Crippen LogP contribution in [0.25, 0.3) is 10.9 Å². The Kier molecular flexibility index (Phi) is 4.04. The number of benzene rings is 2. The van der Waals surface area contributed by atoms with Gasteiger partial charge < -0.3 is 10.6 Å². The second-order valence-corrected chi connectivity index (χ2v) is 7.38. The molecule has 0 saturated carbocycles. The molecule has 0 fully saturated rings. The van der Waals surface area contributed by atoms with Gasteiger partial charge in [0.05, 0.1) is 11.7 Å². The first-order chi connectivity index (χ1) is 12.5. The Balaban J connectivity index is 1.76. The summed E-state index contributed by atoms with van der Waals surface area (Å²) in [6.07, 6.45) is 2.59. The number of carbonyl (C=O) groups is 1. The van der Waals surface area contributed by atoms with Gasteiger partial charge in [0.1, 0.15) is 0 Å². The lowest BCUT2D eigenvalue weighted by Gasteiger charge is -2.38. The van der Waals surface area contributed by atoms with Crippen molar-refractivity contribution < 1.29 is 4.79 Å². The first-order valence-corrected chi connectivity index (χ1v) is 9.12. The van der Waals surface area contributed by atoms with Gasteiger partial charge in [-0.25, -0.2) is 0 Å². The molecule has 26 heavy (non-hydrogen) atoms. The SMILES string of the molecule is CC(C)n1ncc2cc(C(=O)N3c4ccccc4[C@H](N)C[C@@H]3C)ccc21. The molecule has 0 aliphatic carbocycles. The Labute approximate surface area is 153 Å². The van der Waals surface area contributed by atoms with E-state index in [1.165, 1.54) is 0 Å². The number of amides is 1. The number of fused-ring (bicyclic) bond motifs is 2. The summed E-state index contributed by atoms with van der Waals surface area (Å²) in [5, 5.41) is 5.43. The first-order valence-electron chi connectivity index (χ1n) is 9.12. The van der Waals surface area contributed by atoms with Gasteiger partial charge in [-0.1, -0.05) is 18.2 Å². The molecule has 2 heterocycles. The van der Waals surface area contributed by atoms with Gasteiger partial charge in [0.25, 0.3) is 5.91 Å². The number of para-hydroxylation sites is 1. The number of anilines is 1. The van der Waals surface area contributed by atoms with Crippen LogP contribution in [0.5, 0.6) is 0 Å². The zero-order valence-electron chi connectivity index (χ0n) is 15.4. The summed E-state index contributed by atoms with van der Waals surface area (Å²) in [6.45, 7) is 6.26. The second-order valence-electron chi connectivity index (χ2n) is 7.38. The highest BCUT2D eigenvalue weighted by Crippen LogP contribution is 2.36. The van der Waals surface area contributed by atoms with Crippen LogP contribution >= 0.6 is 0 Å². The molecule has 0 saturated heterocycles. The van der Waals surface area contributed by atoms with E-state index in [1.54, 1.807) is 0 Å². The molecular formula is C21H24N4O. The molecule has 134 valence electrons. The van der Waals surface area contributed by atoms with Crippen LogP contribution in [-0.4, -0.2) is 21.7 Å². The maximum atomic E-state index is 13.3. The minimum Gasteiger partial charge on any atom is -0.324 e. The van der Waals surface area contributed by atoms with Crippen molar-refractivity contribution in [3.05, 3.63) is 59.8 Å². The van der Waals surface area contributed by atoms with Crippen molar-refractivity contribution in [2.24, 2.45) is 5.73 Å². The number of nitrogens with two attached hydrogens (primary N) is 1. The van der Waals surface area contributed by atoms with E-state index in [1.807, 2.05) is 58.2 Å². The summed E-state index contributed by atoms with van der Waals surface area (Å²) in [5.74, 6) is 0.0102. The van der Waals surface area contributed by atoms with E-state index in [4.69, 9.17) is 5.73 Å². The van der Waals surface area contributed by atoms with E-state index in [-0.39, 0.29) is 24.0 Å². The van der Waals surface area contributed by atoms with Crippen molar-refractivity contribution in [3.63, 3.8) is 0 Å². The maximum Gasteiger partial charge on any atom is 0.258 e. The highest BCUT2D eigenvalue weighted by atomic mass is 16.2. The van der Waals surface area contributed by atoms with Crippen molar-refractivity contribution in [2.45, 2.75) is 45.3 Å². The van der Waals surface area contributed by atoms with E-state index in [0.717, 1.165) is 28.6 Å². The van der Waals surface area contributed by atoms with Crippen molar-refractivity contribution >= 4 is 22.5 Å². The smallest absolute Gasteiger partial charge is 0.258 e. The summed E-state index contributed by atoms with van der Waals surface area (Å²) in [5.41, 5.74) is 9.97. The Hall–Kier alpha value is -2.66. The van der Waals surface area contributed by atoms with E-state index in [9.17, 15) is 4.79 Å². The number of aromatic nitrogens is 2. The molecule has 5 nitrogen and oxygen atoms in total. The molecule has 2 aromatic carbocycles. The average Bonchev–Trinajstić information content (AvgIpc) is 3.05. The Morgan fingerprint density at radius 3 is 2.77 bits per heavy atom. The lowest BCUT2D eigenvalue weighted by atomic mass is 9.91. The van der Waals surface area contributed by atoms with Crippen LogP contribution < -0.4 is 10.6 Å². The average molecular weight is 348 g/mol. The lowest BCUT2D eigenvalue weighted by Crippen LogP contribution is -2.44. The number of hydrogen-bond donors (Lipinski definition) is 1. The van der Waals surface area contributed by atoms with Crippen LogP contribution in [0.4, 0.5) is 5.69 Å². The molecule has 2 atom stereocenters. The molecule has 0 spiro atoms. The molecule has 1 aliphatic heterocycles. The van der Waals surface area contributed by atoms with Gasteiger partial charge in [-0.05, 0) is 57.0 Å². The number of rotatable bonds is 2. The van der Waals surface area contributed by atoms with E-state index in [2.05, 4.69) is 25.9 Å². The molecule has 4 rings (SSSR count). The largest absolute Gasteiger partial charge is 0.324 e. The van der Waals surface area contributed by atoms with Crippen LogP contribution in [0.2, 0.25) is 0 Å². The summed E-state index contributed by atoms with van der Waals surface area (Å²) >= 11 is 0. The number of nitrogens with zero attached hydrogens (tertiary/aromatic N) is 3.